The Morgan fingerprint density at radius 2 is 2.17 bits per heavy atom. The molecule has 23 heavy (non-hydrogen) atoms. The summed E-state index contributed by atoms with van der Waals surface area (Å²) in [7, 11) is 1.87. The van der Waals surface area contributed by atoms with Gasteiger partial charge in [0.25, 0.3) is 0 Å². The van der Waals surface area contributed by atoms with Crippen LogP contribution in [0.15, 0.2) is 30.7 Å². The predicted octanol–water partition coefficient (Wildman–Crippen LogP) is 2.63. The number of carbonyl (C=O) groups excluding carboxylic acids is 1. The molecule has 0 radical (unpaired) electrons. The van der Waals surface area contributed by atoms with Crippen molar-refractivity contribution >= 4 is 5.97 Å². The molecule has 0 aromatic carbocycles. The average Bonchev–Trinajstić information content (AvgIpc) is 3.15. The summed E-state index contributed by atoms with van der Waals surface area (Å²) in [4.78, 5) is 11.6. The largest absolute Gasteiger partial charge is 0.452 e. The zero-order chi connectivity index (χ0) is 16.0. The molecule has 6 nitrogen and oxygen atoms in total. The van der Waals surface area contributed by atoms with E-state index in [1.807, 2.05) is 24.1 Å². The molecule has 2 fully saturated rings. The Labute approximate surface area is 134 Å². The van der Waals surface area contributed by atoms with Gasteiger partial charge in [0.05, 0.1) is 18.1 Å². The number of aromatic nitrogens is 4. The Bertz CT molecular complexity index is 753. The quantitative estimate of drug-likeness (QED) is 0.643. The maximum Gasteiger partial charge on any atom is 0.334 e. The molecule has 120 valence electrons. The lowest BCUT2D eigenvalue weighted by Crippen LogP contribution is -2.18. The van der Waals surface area contributed by atoms with Gasteiger partial charge in [0.2, 0.25) is 0 Å². The lowest BCUT2D eigenvalue weighted by atomic mass is 9.85. The first kappa shape index (κ1) is 14.2. The lowest BCUT2D eigenvalue weighted by Gasteiger charge is -2.24. The van der Waals surface area contributed by atoms with E-state index >= 15 is 0 Å². The summed E-state index contributed by atoms with van der Waals surface area (Å²) in [5.41, 5.74) is 3.41. The first-order chi connectivity index (χ1) is 11.1. The second-order valence-electron chi connectivity index (χ2n) is 6.52. The third kappa shape index (κ3) is 2.48. The van der Waals surface area contributed by atoms with Gasteiger partial charge < -0.3 is 4.74 Å². The fourth-order valence-corrected chi connectivity index (χ4v) is 3.31. The van der Waals surface area contributed by atoms with Crippen LogP contribution in [0.1, 0.15) is 37.5 Å². The van der Waals surface area contributed by atoms with Crippen LogP contribution in [-0.2, 0) is 23.1 Å². The molecular formula is C17H20N4O2. The van der Waals surface area contributed by atoms with Crippen molar-refractivity contribution in [3.8, 4) is 11.1 Å². The van der Waals surface area contributed by atoms with Crippen molar-refractivity contribution in [3.05, 3.63) is 36.4 Å². The molecule has 3 heterocycles. The van der Waals surface area contributed by atoms with Gasteiger partial charge in [-0.25, -0.2) is 4.79 Å². The first-order valence-corrected chi connectivity index (χ1v) is 8.05. The van der Waals surface area contributed by atoms with Crippen LogP contribution in [0.4, 0.5) is 0 Å². The molecule has 6 heteroatoms. The minimum absolute atomic E-state index is 0.313. The summed E-state index contributed by atoms with van der Waals surface area (Å²) >= 11 is 0. The summed E-state index contributed by atoms with van der Waals surface area (Å²) in [6, 6.07) is 0. The molecule has 2 aromatic heterocycles. The Hall–Kier alpha value is -2.37. The van der Waals surface area contributed by atoms with E-state index in [0.29, 0.717) is 12.0 Å². The third-order valence-electron chi connectivity index (χ3n) is 4.87. The molecule has 0 amide bonds. The molecule has 0 spiro atoms. The van der Waals surface area contributed by atoms with Gasteiger partial charge >= 0.3 is 5.97 Å². The molecule has 0 bridgehead atoms. The number of hydrogen-bond donors (Lipinski definition) is 0. The highest BCUT2D eigenvalue weighted by Crippen LogP contribution is 2.37. The van der Waals surface area contributed by atoms with Crippen LogP contribution in [0.25, 0.3) is 11.1 Å². The minimum Gasteiger partial charge on any atom is -0.452 e. The number of hydrogen-bond acceptors (Lipinski definition) is 4. The van der Waals surface area contributed by atoms with Crippen molar-refractivity contribution in [3.63, 3.8) is 0 Å². The summed E-state index contributed by atoms with van der Waals surface area (Å²) in [6.07, 6.45) is 9.88. The van der Waals surface area contributed by atoms with E-state index in [9.17, 15) is 4.79 Å². The molecule has 2 aromatic rings. The van der Waals surface area contributed by atoms with E-state index in [1.54, 1.807) is 4.68 Å². The molecule has 2 aliphatic rings. The average molecular weight is 312 g/mol. The van der Waals surface area contributed by atoms with Gasteiger partial charge in [-0.15, -0.1) is 0 Å². The van der Waals surface area contributed by atoms with Gasteiger partial charge in [-0.3, -0.25) is 9.36 Å². The molecule has 0 N–H and O–H groups in total. The summed E-state index contributed by atoms with van der Waals surface area (Å²) in [6.45, 7) is 4.74. The van der Waals surface area contributed by atoms with Crippen molar-refractivity contribution in [2.24, 2.45) is 13.0 Å². The van der Waals surface area contributed by atoms with Crippen LogP contribution < -0.4 is 0 Å². The van der Waals surface area contributed by atoms with Crippen LogP contribution in [-0.4, -0.2) is 25.5 Å². The highest BCUT2D eigenvalue weighted by Gasteiger charge is 2.33. The third-order valence-corrected chi connectivity index (χ3v) is 4.87. The number of ether oxygens (including phenoxy) is 1. The molecule has 1 saturated heterocycles. The number of aryl methyl sites for hydroxylation is 1. The van der Waals surface area contributed by atoms with Gasteiger partial charge in [-0.05, 0) is 18.8 Å². The SMILES string of the molecule is C=C1CC(c2c(-c3cnn(CC4CCC4)c3)cnn2C)OC1=O. The van der Waals surface area contributed by atoms with Crippen LogP contribution >= 0.6 is 0 Å². The fraction of sp³-hybridized carbons (Fsp3) is 0.471. The fourth-order valence-electron chi connectivity index (χ4n) is 3.31. The van der Waals surface area contributed by atoms with Crippen molar-refractivity contribution in [2.75, 3.05) is 0 Å². The van der Waals surface area contributed by atoms with E-state index in [1.165, 1.54) is 19.3 Å². The number of esters is 1. The Morgan fingerprint density at radius 1 is 1.35 bits per heavy atom. The maximum absolute atomic E-state index is 11.6. The Balaban J connectivity index is 1.62. The van der Waals surface area contributed by atoms with Crippen molar-refractivity contribution in [1.82, 2.24) is 19.6 Å². The Morgan fingerprint density at radius 3 is 2.83 bits per heavy atom. The van der Waals surface area contributed by atoms with Crippen molar-refractivity contribution in [1.29, 1.82) is 0 Å². The van der Waals surface area contributed by atoms with E-state index < -0.39 is 0 Å². The molecule has 1 unspecified atom stereocenters. The van der Waals surface area contributed by atoms with Crippen LogP contribution in [0.5, 0.6) is 0 Å². The van der Waals surface area contributed by atoms with Crippen LogP contribution in [0.3, 0.4) is 0 Å². The smallest absolute Gasteiger partial charge is 0.334 e. The molecule has 1 aliphatic heterocycles. The van der Waals surface area contributed by atoms with Gasteiger partial charge in [0.15, 0.2) is 0 Å². The normalized spacial score (nSPS) is 21.5. The van der Waals surface area contributed by atoms with E-state index in [4.69, 9.17) is 4.74 Å². The maximum atomic E-state index is 11.6. The van der Waals surface area contributed by atoms with Gasteiger partial charge in [-0.2, -0.15) is 10.2 Å². The minimum atomic E-state index is -0.317. The molecule has 4 rings (SSSR count). The number of rotatable bonds is 4. The highest BCUT2D eigenvalue weighted by molar-refractivity contribution is 5.90. The first-order valence-electron chi connectivity index (χ1n) is 8.05. The van der Waals surface area contributed by atoms with E-state index in [-0.39, 0.29) is 12.1 Å². The predicted molar refractivity (Wildman–Crippen MR) is 84.4 cm³/mol. The Kier molecular flexibility index (Phi) is 3.32. The van der Waals surface area contributed by atoms with Crippen LogP contribution in [0.2, 0.25) is 0 Å². The number of nitrogens with zero attached hydrogens (tertiary/aromatic N) is 4. The molecular weight excluding hydrogens is 292 g/mol. The second-order valence-corrected chi connectivity index (χ2v) is 6.52. The van der Waals surface area contributed by atoms with Crippen molar-refractivity contribution in [2.45, 2.75) is 38.3 Å². The summed E-state index contributed by atoms with van der Waals surface area (Å²) < 4.78 is 9.21. The van der Waals surface area contributed by atoms with Gasteiger partial charge in [0.1, 0.15) is 6.10 Å². The number of cyclic esters (lactones) is 1. The molecule has 1 saturated carbocycles. The number of carbonyl (C=O) groups is 1. The lowest BCUT2D eigenvalue weighted by molar-refractivity contribution is -0.139. The molecule has 1 aliphatic carbocycles. The highest BCUT2D eigenvalue weighted by atomic mass is 16.5. The van der Waals surface area contributed by atoms with E-state index in [0.717, 1.165) is 29.3 Å². The topological polar surface area (TPSA) is 61.9 Å². The van der Waals surface area contributed by atoms with Gasteiger partial charge in [-0.1, -0.05) is 13.0 Å². The van der Waals surface area contributed by atoms with E-state index in [2.05, 4.69) is 23.0 Å². The zero-order valence-electron chi connectivity index (χ0n) is 13.2. The summed E-state index contributed by atoms with van der Waals surface area (Å²) in [5.74, 6) is 0.443. The van der Waals surface area contributed by atoms with Crippen molar-refractivity contribution < 1.29 is 9.53 Å². The van der Waals surface area contributed by atoms with Gasteiger partial charge in [0, 0.05) is 42.9 Å². The molecule has 1 atom stereocenters. The van der Waals surface area contributed by atoms with Crippen LogP contribution in [0, 0.1) is 5.92 Å². The summed E-state index contributed by atoms with van der Waals surface area (Å²) in [5, 5.41) is 8.82. The monoisotopic (exact) mass is 312 g/mol. The standard InChI is InChI=1S/C17H20N4O2/c1-11-6-15(23-17(11)22)16-14(8-18-20(16)2)13-7-19-21(10-13)9-12-4-3-5-12/h7-8,10,12,15H,1,3-6,9H2,2H3. The zero-order valence-corrected chi connectivity index (χ0v) is 13.2. The second kappa shape index (κ2) is 5.37.